The van der Waals surface area contributed by atoms with Gasteiger partial charge in [0.2, 0.25) is 0 Å². The summed E-state index contributed by atoms with van der Waals surface area (Å²) in [4.78, 5) is 11.9. The van der Waals surface area contributed by atoms with Gasteiger partial charge in [0.15, 0.2) is 0 Å². The van der Waals surface area contributed by atoms with Crippen LogP contribution in [0.25, 0.3) is 0 Å². The van der Waals surface area contributed by atoms with Crippen molar-refractivity contribution < 1.29 is 24.9 Å². The monoisotopic (exact) mass is 267 g/mol. The molecule has 1 aliphatic rings. The summed E-state index contributed by atoms with van der Waals surface area (Å²) >= 11 is 0. The van der Waals surface area contributed by atoms with Crippen molar-refractivity contribution >= 4 is 5.91 Å². The minimum absolute atomic E-state index is 0.0589. The van der Waals surface area contributed by atoms with E-state index in [1.54, 1.807) is 6.92 Å². The summed E-state index contributed by atoms with van der Waals surface area (Å²) in [7, 11) is 0. The molecule has 4 N–H and O–H groups in total. The second-order valence-corrected chi connectivity index (χ2v) is 4.79. The number of phenolic OH excluding ortho intramolecular Hbond substituents is 2. The predicted molar refractivity (Wildman–Crippen MR) is 67.1 cm³/mol. The van der Waals surface area contributed by atoms with E-state index in [1.807, 2.05) is 0 Å². The minimum Gasteiger partial charge on any atom is -0.508 e. The third-order valence-electron chi connectivity index (χ3n) is 3.38. The van der Waals surface area contributed by atoms with Crippen molar-refractivity contribution in [2.45, 2.75) is 25.0 Å². The molecule has 1 aromatic carbocycles. The Hall–Kier alpha value is -1.79. The van der Waals surface area contributed by atoms with Crippen molar-refractivity contribution in [3.63, 3.8) is 0 Å². The topological polar surface area (TPSA) is 99.0 Å². The average Bonchev–Trinajstić information content (AvgIpc) is 2.66. The van der Waals surface area contributed by atoms with Gasteiger partial charge in [0.05, 0.1) is 6.10 Å². The maximum Gasteiger partial charge on any atom is 0.251 e. The standard InChI is InChI=1S/C13H17NO5/c1-8-13(18,2-3-19-8)7-14-12(17)9-4-10(15)6-11(16)5-9/h4-6,8,15-16,18H,2-3,7H2,1H3,(H,14,17). The fourth-order valence-corrected chi connectivity index (χ4v) is 2.06. The van der Waals surface area contributed by atoms with E-state index < -0.39 is 11.5 Å². The zero-order chi connectivity index (χ0) is 14.0. The molecule has 6 heteroatoms. The van der Waals surface area contributed by atoms with Crippen LogP contribution < -0.4 is 5.32 Å². The van der Waals surface area contributed by atoms with Crippen LogP contribution in [-0.2, 0) is 4.74 Å². The van der Waals surface area contributed by atoms with Gasteiger partial charge in [-0.1, -0.05) is 0 Å². The van der Waals surface area contributed by atoms with Crippen LogP contribution in [0.15, 0.2) is 18.2 Å². The molecule has 0 saturated carbocycles. The number of benzene rings is 1. The van der Waals surface area contributed by atoms with Gasteiger partial charge in [-0.15, -0.1) is 0 Å². The summed E-state index contributed by atoms with van der Waals surface area (Å²) in [6.45, 7) is 2.27. The number of amides is 1. The van der Waals surface area contributed by atoms with Crippen LogP contribution in [-0.4, -0.2) is 46.1 Å². The molecule has 2 rings (SSSR count). The number of phenols is 2. The van der Waals surface area contributed by atoms with E-state index in [0.717, 1.165) is 6.07 Å². The van der Waals surface area contributed by atoms with E-state index in [2.05, 4.69) is 5.32 Å². The lowest BCUT2D eigenvalue weighted by Gasteiger charge is -2.26. The van der Waals surface area contributed by atoms with E-state index in [1.165, 1.54) is 12.1 Å². The van der Waals surface area contributed by atoms with Gasteiger partial charge in [-0.2, -0.15) is 0 Å². The van der Waals surface area contributed by atoms with Crippen LogP contribution in [0.3, 0.4) is 0 Å². The highest BCUT2D eigenvalue weighted by Gasteiger charge is 2.39. The van der Waals surface area contributed by atoms with E-state index >= 15 is 0 Å². The van der Waals surface area contributed by atoms with E-state index in [9.17, 15) is 20.1 Å². The van der Waals surface area contributed by atoms with Crippen LogP contribution in [0.5, 0.6) is 11.5 Å². The Morgan fingerprint density at radius 2 is 2.05 bits per heavy atom. The molecule has 1 aromatic rings. The molecule has 19 heavy (non-hydrogen) atoms. The summed E-state index contributed by atoms with van der Waals surface area (Å²) in [5, 5.41) is 31.4. The highest BCUT2D eigenvalue weighted by Crippen LogP contribution is 2.25. The molecule has 0 aromatic heterocycles. The van der Waals surface area contributed by atoms with Gasteiger partial charge in [-0.25, -0.2) is 0 Å². The van der Waals surface area contributed by atoms with Crippen LogP contribution in [0, 0.1) is 0 Å². The Kier molecular flexibility index (Phi) is 3.64. The lowest BCUT2D eigenvalue weighted by atomic mass is 9.96. The fourth-order valence-electron chi connectivity index (χ4n) is 2.06. The van der Waals surface area contributed by atoms with Gasteiger partial charge in [0.25, 0.3) is 5.91 Å². The van der Waals surface area contributed by atoms with Crippen molar-refractivity contribution in [2.24, 2.45) is 0 Å². The molecule has 1 fully saturated rings. The number of aromatic hydroxyl groups is 2. The molecule has 1 heterocycles. The maximum atomic E-state index is 11.9. The Morgan fingerprint density at radius 3 is 2.58 bits per heavy atom. The van der Waals surface area contributed by atoms with Gasteiger partial charge < -0.3 is 25.4 Å². The van der Waals surface area contributed by atoms with Crippen molar-refractivity contribution in [1.29, 1.82) is 0 Å². The molecule has 0 radical (unpaired) electrons. The van der Waals surface area contributed by atoms with E-state index in [4.69, 9.17) is 4.74 Å². The SMILES string of the molecule is CC1OCCC1(O)CNC(=O)c1cc(O)cc(O)c1. The third kappa shape index (κ3) is 2.97. The first-order valence-electron chi connectivity index (χ1n) is 6.06. The van der Waals surface area contributed by atoms with Crippen LogP contribution in [0.4, 0.5) is 0 Å². The summed E-state index contributed by atoms with van der Waals surface area (Å²) in [6.07, 6.45) is 0.116. The fraction of sp³-hybridized carbons (Fsp3) is 0.462. The number of aliphatic hydroxyl groups is 1. The maximum absolute atomic E-state index is 11.9. The molecule has 2 atom stereocenters. The molecule has 6 nitrogen and oxygen atoms in total. The van der Waals surface area contributed by atoms with Crippen molar-refractivity contribution in [3.8, 4) is 11.5 Å². The first-order chi connectivity index (χ1) is 8.90. The summed E-state index contributed by atoms with van der Waals surface area (Å²) in [5.74, 6) is -0.860. The van der Waals surface area contributed by atoms with Gasteiger partial charge in [-0.05, 0) is 19.1 Å². The second kappa shape index (κ2) is 5.07. The zero-order valence-electron chi connectivity index (χ0n) is 10.6. The van der Waals surface area contributed by atoms with Gasteiger partial charge in [0.1, 0.15) is 17.1 Å². The molecule has 1 saturated heterocycles. The number of ether oxygens (including phenoxy) is 1. The van der Waals surface area contributed by atoms with Gasteiger partial charge >= 0.3 is 0 Å². The van der Waals surface area contributed by atoms with Gasteiger partial charge in [0, 0.05) is 31.2 Å². The average molecular weight is 267 g/mol. The van der Waals surface area contributed by atoms with Crippen molar-refractivity contribution in [3.05, 3.63) is 23.8 Å². The highest BCUT2D eigenvalue weighted by atomic mass is 16.5. The second-order valence-electron chi connectivity index (χ2n) is 4.79. The number of carbonyl (C=O) groups excluding carboxylic acids is 1. The number of nitrogens with one attached hydrogen (secondary N) is 1. The number of hydrogen-bond donors (Lipinski definition) is 4. The molecular formula is C13H17NO5. The Bertz CT molecular complexity index is 470. The van der Waals surface area contributed by atoms with Crippen LogP contribution in [0.2, 0.25) is 0 Å². The number of carbonyl (C=O) groups is 1. The number of rotatable bonds is 3. The van der Waals surface area contributed by atoms with Gasteiger partial charge in [-0.3, -0.25) is 4.79 Å². The third-order valence-corrected chi connectivity index (χ3v) is 3.38. The Labute approximate surface area is 110 Å². The molecule has 1 aliphatic heterocycles. The molecule has 0 bridgehead atoms. The quantitative estimate of drug-likeness (QED) is 0.634. The lowest BCUT2D eigenvalue weighted by molar-refractivity contribution is -0.0251. The molecular weight excluding hydrogens is 250 g/mol. The summed E-state index contributed by atoms with van der Waals surface area (Å²) < 4.78 is 5.26. The normalized spacial score (nSPS) is 26.3. The Balaban J connectivity index is 2.01. The summed E-state index contributed by atoms with van der Waals surface area (Å²) in [5.41, 5.74) is -0.943. The molecule has 104 valence electrons. The number of hydrogen-bond acceptors (Lipinski definition) is 5. The first kappa shape index (κ1) is 13.6. The molecule has 0 spiro atoms. The molecule has 2 unspecified atom stereocenters. The minimum atomic E-state index is -1.07. The van der Waals surface area contributed by atoms with Crippen molar-refractivity contribution in [1.82, 2.24) is 5.32 Å². The smallest absolute Gasteiger partial charge is 0.251 e. The first-order valence-corrected chi connectivity index (χ1v) is 6.06. The highest BCUT2D eigenvalue weighted by molar-refractivity contribution is 5.95. The van der Waals surface area contributed by atoms with Crippen LogP contribution in [0.1, 0.15) is 23.7 Å². The zero-order valence-corrected chi connectivity index (χ0v) is 10.6. The van der Waals surface area contributed by atoms with E-state index in [-0.39, 0.29) is 29.7 Å². The Morgan fingerprint density at radius 1 is 1.42 bits per heavy atom. The molecule has 0 aliphatic carbocycles. The van der Waals surface area contributed by atoms with E-state index in [0.29, 0.717) is 13.0 Å². The lowest BCUT2D eigenvalue weighted by Crippen LogP contribution is -2.47. The largest absolute Gasteiger partial charge is 0.508 e. The summed E-state index contributed by atoms with van der Waals surface area (Å²) in [6, 6.07) is 3.62. The predicted octanol–water partition coefficient (Wildman–Crippen LogP) is 0.367. The van der Waals surface area contributed by atoms with Crippen molar-refractivity contribution in [2.75, 3.05) is 13.2 Å². The van der Waals surface area contributed by atoms with Crippen LogP contribution >= 0.6 is 0 Å². The molecule has 1 amide bonds.